The molecule has 2 aromatic carbocycles. The molecule has 3 heteroatoms. The van der Waals surface area contributed by atoms with Crippen LogP contribution in [0.25, 0.3) is 6.08 Å². The standard InChI is InChI=1S/C18H18FNO/c1-14-4-2-3-5-16(14)8-11-18(21)20-13-12-15-6-9-17(19)10-7-15/h2-11H,12-13H2,1H3,(H,20,21)/b11-8+. The third-order valence-corrected chi connectivity index (χ3v) is 3.23. The molecule has 0 atom stereocenters. The van der Waals surface area contributed by atoms with E-state index < -0.39 is 0 Å². The third-order valence-electron chi connectivity index (χ3n) is 3.23. The normalized spacial score (nSPS) is 10.8. The molecule has 0 saturated heterocycles. The zero-order valence-electron chi connectivity index (χ0n) is 12.0. The van der Waals surface area contributed by atoms with E-state index in [2.05, 4.69) is 5.32 Å². The van der Waals surface area contributed by atoms with Crippen molar-refractivity contribution in [2.75, 3.05) is 6.54 Å². The second-order valence-electron chi connectivity index (χ2n) is 4.86. The molecule has 0 saturated carbocycles. The summed E-state index contributed by atoms with van der Waals surface area (Å²) in [6, 6.07) is 14.2. The molecule has 0 heterocycles. The SMILES string of the molecule is Cc1ccccc1/C=C/C(=O)NCCc1ccc(F)cc1. The van der Waals surface area contributed by atoms with Crippen LogP contribution in [0.4, 0.5) is 4.39 Å². The number of aryl methyl sites for hydroxylation is 1. The Hall–Kier alpha value is -2.42. The Bertz CT molecular complexity index is 632. The fraction of sp³-hybridized carbons (Fsp3) is 0.167. The van der Waals surface area contributed by atoms with Gasteiger partial charge in [-0.1, -0.05) is 36.4 Å². The predicted molar refractivity (Wildman–Crippen MR) is 83.3 cm³/mol. The lowest BCUT2D eigenvalue weighted by Gasteiger charge is -2.03. The summed E-state index contributed by atoms with van der Waals surface area (Å²) in [5.74, 6) is -0.371. The number of amides is 1. The lowest BCUT2D eigenvalue weighted by molar-refractivity contribution is -0.116. The van der Waals surface area contributed by atoms with Gasteiger partial charge in [-0.25, -0.2) is 4.39 Å². The van der Waals surface area contributed by atoms with E-state index in [-0.39, 0.29) is 11.7 Å². The second-order valence-corrected chi connectivity index (χ2v) is 4.86. The number of carbonyl (C=O) groups is 1. The van der Waals surface area contributed by atoms with Gasteiger partial charge in [-0.15, -0.1) is 0 Å². The van der Waals surface area contributed by atoms with Gasteiger partial charge in [0.2, 0.25) is 5.91 Å². The quantitative estimate of drug-likeness (QED) is 0.836. The van der Waals surface area contributed by atoms with E-state index in [1.807, 2.05) is 37.3 Å². The first-order chi connectivity index (χ1) is 10.1. The van der Waals surface area contributed by atoms with Crippen molar-refractivity contribution in [1.82, 2.24) is 5.32 Å². The zero-order valence-corrected chi connectivity index (χ0v) is 12.0. The molecule has 0 aromatic heterocycles. The van der Waals surface area contributed by atoms with E-state index in [0.717, 1.165) is 16.7 Å². The van der Waals surface area contributed by atoms with Crippen molar-refractivity contribution in [2.24, 2.45) is 0 Å². The predicted octanol–water partition coefficient (Wildman–Crippen LogP) is 3.51. The second kappa shape index (κ2) is 7.39. The molecule has 0 aliphatic heterocycles. The van der Waals surface area contributed by atoms with E-state index in [1.54, 1.807) is 12.1 Å². The summed E-state index contributed by atoms with van der Waals surface area (Å²) in [5, 5.41) is 2.82. The highest BCUT2D eigenvalue weighted by atomic mass is 19.1. The van der Waals surface area contributed by atoms with Gasteiger partial charge in [0, 0.05) is 12.6 Å². The Morgan fingerprint density at radius 2 is 1.86 bits per heavy atom. The number of hydrogen-bond donors (Lipinski definition) is 1. The maximum atomic E-state index is 12.8. The van der Waals surface area contributed by atoms with Gasteiger partial charge in [0.15, 0.2) is 0 Å². The summed E-state index contributed by atoms with van der Waals surface area (Å²) >= 11 is 0. The minimum absolute atomic E-state index is 0.125. The molecule has 0 bridgehead atoms. The fourth-order valence-corrected chi connectivity index (χ4v) is 1.98. The van der Waals surface area contributed by atoms with Crippen molar-refractivity contribution >= 4 is 12.0 Å². The van der Waals surface area contributed by atoms with Gasteiger partial charge in [-0.05, 0) is 48.2 Å². The first-order valence-electron chi connectivity index (χ1n) is 6.91. The number of hydrogen-bond acceptors (Lipinski definition) is 1. The Morgan fingerprint density at radius 1 is 1.14 bits per heavy atom. The van der Waals surface area contributed by atoms with Crippen LogP contribution in [0.1, 0.15) is 16.7 Å². The smallest absolute Gasteiger partial charge is 0.244 e. The van der Waals surface area contributed by atoms with Crippen LogP contribution in [-0.2, 0) is 11.2 Å². The van der Waals surface area contributed by atoms with Gasteiger partial charge in [0.1, 0.15) is 5.82 Å². The van der Waals surface area contributed by atoms with E-state index in [4.69, 9.17) is 0 Å². The zero-order chi connectivity index (χ0) is 15.1. The van der Waals surface area contributed by atoms with Crippen molar-refractivity contribution in [2.45, 2.75) is 13.3 Å². The molecule has 2 aromatic rings. The van der Waals surface area contributed by atoms with Gasteiger partial charge < -0.3 is 5.32 Å². The molecule has 21 heavy (non-hydrogen) atoms. The number of rotatable bonds is 5. The van der Waals surface area contributed by atoms with E-state index in [0.29, 0.717) is 13.0 Å². The Morgan fingerprint density at radius 3 is 2.57 bits per heavy atom. The van der Waals surface area contributed by atoms with Crippen LogP contribution in [0.15, 0.2) is 54.6 Å². The summed E-state index contributed by atoms with van der Waals surface area (Å²) in [6.07, 6.45) is 4.03. The summed E-state index contributed by atoms with van der Waals surface area (Å²) in [5.41, 5.74) is 3.17. The van der Waals surface area contributed by atoms with Gasteiger partial charge in [0.25, 0.3) is 0 Å². The van der Waals surface area contributed by atoms with Crippen LogP contribution in [0, 0.1) is 12.7 Å². The average molecular weight is 283 g/mol. The monoisotopic (exact) mass is 283 g/mol. The van der Waals surface area contributed by atoms with Crippen molar-refractivity contribution < 1.29 is 9.18 Å². The molecule has 0 unspecified atom stereocenters. The van der Waals surface area contributed by atoms with Gasteiger partial charge in [-0.3, -0.25) is 4.79 Å². The van der Waals surface area contributed by atoms with Crippen LogP contribution in [0.5, 0.6) is 0 Å². The maximum absolute atomic E-state index is 12.8. The largest absolute Gasteiger partial charge is 0.352 e. The molecular weight excluding hydrogens is 265 g/mol. The summed E-state index contributed by atoms with van der Waals surface area (Å²) < 4.78 is 12.8. The first kappa shape index (κ1) is 15.0. The Balaban J connectivity index is 1.80. The molecule has 1 amide bonds. The van der Waals surface area contributed by atoms with Crippen LogP contribution < -0.4 is 5.32 Å². The Labute approximate surface area is 124 Å². The highest BCUT2D eigenvalue weighted by molar-refractivity contribution is 5.91. The van der Waals surface area contributed by atoms with Crippen LogP contribution in [-0.4, -0.2) is 12.5 Å². The van der Waals surface area contributed by atoms with Crippen LogP contribution in [0.3, 0.4) is 0 Å². The highest BCUT2D eigenvalue weighted by Crippen LogP contribution is 2.08. The van der Waals surface area contributed by atoms with E-state index >= 15 is 0 Å². The topological polar surface area (TPSA) is 29.1 Å². The molecule has 0 aliphatic rings. The molecule has 1 N–H and O–H groups in total. The molecule has 2 nitrogen and oxygen atoms in total. The number of benzene rings is 2. The first-order valence-corrected chi connectivity index (χ1v) is 6.91. The lowest BCUT2D eigenvalue weighted by Crippen LogP contribution is -2.23. The number of nitrogens with one attached hydrogen (secondary N) is 1. The molecule has 0 aliphatic carbocycles. The molecule has 2 rings (SSSR count). The molecule has 108 valence electrons. The average Bonchev–Trinajstić information content (AvgIpc) is 2.48. The summed E-state index contributed by atoms with van der Waals surface area (Å²) in [6.45, 7) is 2.54. The number of halogens is 1. The highest BCUT2D eigenvalue weighted by Gasteiger charge is 1.98. The van der Waals surface area contributed by atoms with E-state index in [1.165, 1.54) is 18.2 Å². The molecular formula is C18H18FNO. The minimum Gasteiger partial charge on any atom is -0.352 e. The van der Waals surface area contributed by atoms with Crippen molar-refractivity contribution in [1.29, 1.82) is 0 Å². The van der Waals surface area contributed by atoms with Crippen molar-refractivity contribution in [3.63, 3.8) is 0 Å². The molecule has 0 spiro atoms. The van der Waals surface area contributed by atoms with Crippen LogP contribution >= 0.6 is 0 Å². The molecule has 0 radical (unpaired) electrons. The number of carbonyl (C=O) groups excluding carboxylic acids is 1. The van der Waals surface area contributed by atoms with Gasteiger partial charge >= 0.3 is 0 Å². The summed E-state index contributed by atoms with van der Waals surface area (Å²) in [4.78, 5) is 11.7. The summed E-state index contributed by atoms with van der Waals surface area (Å²) in [7, 11) is 0. The third kappa shape index (κ3) is 4.88. The van der Waals surface area contributed by atoms with Gasteiger partial charge in [-0.2, -0.15) is 0 Å². The van der Waals surface area contributed by atoms with Crippen LogP contribution in [0.2, 0.25) is 0 Å². The van der Waals surface area contributed by atoms with Crippen molar-refractivity contribution in [3.05, 3.63) is 77.1 Å². The maximum Gasteiger partial charge on any atom is 0.244 e. The Kier molecular flexibility index (Phi) is 5.27. The molecule has 0 fully saturated rings. The minimum atomic E-state index is -0.246. The fourth-order valence-electron chi connectivity index (χ4n) is 1.98. The van der Waals surface area contributed by atoms with Gasteiger partial charge in [0.05, 0.1) is 0 Å². The lowest BCUT2D eigenvalue weighted by atomic mass is 10.1. The van der Waals surface area contributed by atoms with Crippen molar-refractivity contribution in [3.8, 4) is 0 Å². The van der Waals surface area contributed by atoms with E-state index in [9.17, 15) is 9.18 Å².